The lowest BCUT2D eigenvalue weighted by Crippen LogP contribution is -2.32. The first-order valence-electron chi connectivity index (χ1n) is 9.13. The van der Waals surface area contributed by atoms with Gasteiger partial charge in [-0.1, -0.05) is 13.0 Å². The second-order valence-electron chi connectivity index (χ2n) is 6.77. The third kappa shape index (κ3) is 4.63. The first-order chi connectivity index (χ1) is 12.7. The molecule has 0 radical (unpaired) electrons. The van der Waals surface area contributed by atoms with E-state index in [4.69, 9.17) is 0 Å². The number of anilines is 3. The monoisotopic (exact) mass is 350 g/mol. The van der Waals surface area contributed by atoms with Crippen LogP contribution in [-0.2, 0) is 0 Å². The van der Waals surface area contributed by atoms with Crippen LogP contribution in [0.5, 0.6) is 0 Å². The lowest BCUT2D eigenvalue weighted by molar-refractivity contribution is 0.102. The first kappa shape index (κ1) is 18.0. The highest BCUT2D eigenvalue weighted by atomic mass is 16.1. The summed E-state index contributed by atoms with van der Waals surface area (Å²) in [6, 6.07) is 11.6. The molecule has 0 bridgehead atoms. The lowest BCUT2D eigenvalue weighted by Gasteiger charge is -2.32. The minimum absolute atomic E-state index is 0.216. The zero-order valence-electron chi connectivity index (χ0n) is 15.2. The summed E-state index contributed by atoms with van der Waals surface area (Å²) in [5.74, 6) is 0.598. The predicted octanol–water partition coefficient (Wildman–Crippen LogP) is 4.17. The van der Waals surface area contributed by atoms with Crippen LogP contribution in [0.2, 0.25) is 0 Å². The number of benzene rings is 1. The van der Waals surface area contributed by atoms with Crippen LogP contribution in [0.4, 0.5) is 17.1 Å². The van der Waals surface area contributed by atoms with E-state index < -0.39 is 0 Å². The minimum atomic E-state index is -0.216. The topological polar surface area (TPSA) is 57.3 Å². The molecule has 0 saturated carbocycles. The second-order valence-corrected chi connectivity index (χ2v) is 6.77. The van der Waals surface area contributed by atoms with Crippen LogP contribution in [0.15, 0.2) is 55.3 Å². The van der Waals surface area contributed by atoms with Gasteiger partial charge in [0, 0.05) is 42.9 Å². The maximum absolute atomic E-state index is 12.4. The molecule has 3 rings (SSSR count). The molecule has 1 aliphatic rings. The summed E-state index contributed by atoms with van der Waals surface area (Å²) in [5, 5.41) is 6.07. The van der Waals surface area contributed by atoms with E-state index in [-0.39, 0.29) is 5.91 Å². The van der Waals surface area contributed by atoms with Gasteiger partial charge in [0.25, 0.3) is 5.91 Å². The largest absolute Gasteiger partial charge is 0.381 e. The average molecular weight is 350 g/mol. The Bertz CT molecular complexity index is 749. The molecule has 2 aromatic rings. The van der Waals surface area contributed by atoms with Gasteiger partial charge in [-0.25, -0.2) is 0 Å². The van der Waals surface area contributed by atoms with Crippen molar-refractivity contribution in [2.24, 2.45) is 5.92 Å². The van der Waals surface area contributed by atoms with Gasteiger partial charge in [-0.3, -0.25) is 9.78 Å². The normalized spacial score (nSPS) is 14.7. The molecule has 26 heavy (non-hydrogen) atoms. The number of hydrogen-bond donors (Lipinski definition) is 2. The molecule has 1 aliphatic heterocycles. The highest BCUT2D eigenvalue weighted by molar-refractivity contribution is 6.03. The zero-order valence-corrected chi connectivity index (χ0v) is 15.2. The van der Waals surface area contributed by atoms with E-state index >= 15 is 0 Å². The van der Waals surface area contributed by atoms with Crippen molar-refractivity contribution in [1.29, 1.82) is 0 Å². The molecule has 0 unspecified atom stereocenters. The lowest BCUT2D eigenvalue weighted by atomic mass is 9.99. The highest BCUT2D eigenvalue weighted by Crippen LogP contribution is 2.24. The van der Waals surface area contributed by atoms with Crippen LogP contribution in [0.25, 0.3) is 0 Å². The van der Waals surface area contributed by atoms with Crippen molar-refractivity contribution in [3.8, 4) is 0 Å². The number of nitrogens with one attached hydrogen (secondary N) is 2. The van der Waals surface area contributed by atoms with E-state index in [1.165, 1.54) is 18.5 Å². The molecule has 5 nitrogen and oxygen atoms in total. The molecule has 2 heterocycles. The Balaban J connectivity index is 1.61. The summed E-state index contributed by atoms with van der Waals surface area (Å²) >= 11 is 0. The van der Waals surface area contributed by atoms with E-state index in [1.54, 1.807) is 18.3 Å². The maximum atomic E-state index is 12.4. The molecule has 5 heteroatoms. The Labute approximate surface area is 155 Å². The number of hydrogen-bond acceptors (Lipinski definition) is 4. The fraction of sp³-hybridized carbons (Fsp3) is 0.333. The third-order valence-corrected chi connectivity index (χ3v) is 4.72. The highest BCUT2D eigenvalue weighted by Gasteiger charge is 2.16. The van der Waals surface area contributed by atoms with Crippen LogP contribution in [0.3, 0.4) is 0 Å². The molecular weight excluding hydrogens is 324 g/mol. The van der Waals surface area contributed by atoms with E-state index in [9.17, 15) is 4.79 Å². The molecule has 1 saturated heterocycles. The molecule has 2 N–H and O–H groups in total. The number of aromatic nitrogens is 1. The van der Waals surface area contributed by atoms with Crippen molar-refractivity contribution in [3.63, 3.8) is 0 Å². The number of rotatable bonds is 6. The van der Waals surface area contributed by atoms with Crippen LogP contribution in [0, 0.1) is 5.92 Å². The molecule has 0 spiro atoms. The number of pyridine rings is 1. The minimum Gasteiger partial charge on any atom is -0.381 e. The average Bonchev–Trinajstić information content (AvgIpc) is 2.68. The maximum Gasteiger partial charge on any atom is 0.274 e. The Hall–Kier alpha value is -2.82. The molecule has 1 amide bonds. The second kappa shape index (κ2) is 8.52. The van der Waals surface area contributed by atoms with Crippen molar-refractivity contribution in [2.45, 2.75) is 19.8 Å². The number of carbonyl (C=O) groups excluding carboxylic acids is 1. The van der Waals surface area contributed by atoms with Crippen molar-refractivity contribution >= 4 is 23.0 Å². The van der Waals surface area contributed by atoms with Crippen molar-refractivity contribution < 1.29 is 4.79 Å². The summed E-state index contributed by atoms with van der Waals surface area (Å²) in [6.45, 7) is 8.82. The quantitative estimate of drug-likeness (QED) is 0.768. The Morgan fingerprint density at radius 1 is 1.23 bits per heavy atom. The summed E-state index contributed by atoms with van der Waals surface area (Å²) in [4.78, 5) is 19.0. The summed E-state index contributed by atoms with van der Waals surface area (Å²) in [6.07, 6.45) is 5.87. The fourth-order valence-corrected chi connectivity index (χ4v) is 3.07. The van der Waals surface area contributed by atoms with Gasteiger partial charge in [0.05, 0.1) is 0 Å². The molecule has 1 aromatic heterocycles. The standard InChI is InChI=1S/C21H26N4O/c1-3-11-22-18-8-12-23-20(15-18)21(26)24-17-4-6-19(7-5-17)25-13-9-16(2)10-14-25/h3-8,12,15-16H,1,9-11,13-14H2,2H3,(H,22,23)(H,24,26). The molecule has 136 valence electrons. The predicted molar refractivity (Wildman–Crippen MR) is 108 cm³/mol. The molecule has 0 aliphatic carbocycles. The van der Waals surface area contributed by atoms with Gasteiger partial charge in [-0.05, 0) is 55.2 Å². The Morgan fingerprint density at radius 2 is 1.96 bits per heavy atom. The van der Waals surface area contributed by atoms with Gasteiger partial charge in [-0.15, -0.1) is 6.58 Å². The Kier molecular flexibility index (Phi) is 5.89. The van der Waals surface area contributed by atoms with E-state index in [0.717, 1.165) is 30.4 Å². The van der Waals surface area contributed by atoms with Gasteiger partial charge in [0.1, 0.15) is 5.69 Å². The molecule has 1 aromatic carbocycles. The van der Waals surface area contributed by atoms with Gasteiger partial charge in [0.15, 0.2) is 0 Å². The fourth-order valence-electron chi connectivity index (χ4n) is 3.07. The van der Waals surface area contributed by atoms with Crippen molar-refractivity contribution in [2.75, 3.05) is 35.2 Å². The van der Waals surface area contributed by atoms with Crippen molar-refractivity contribution in [1.82, 2.24) is 4.98 Å². The van der Waals surface area contributed by atoms with Gasteiger partial charge >= 0.3 is 0 Å². The van der Waals surface area contributed by atoms with E-state index in [2.05, 4.69) is 46.2 Å². The molecule has 0 atom stereocenters. The molecular formula is C21H26N4O. The van der Waals surface area contributed by atoms with Crippen LogP contribution >= 0.6 is 0 Å². The van der Waals surface area contributed by atoms with E-state index in [0.29, 0.717) is 12.2 Å². The number of amides is 1. The summed E-state index contributed by atoms with van der Waals surface area (Å²) < 4.78 is 0. The number of piperidine rings is 1. The van der Waals surface area contributed by atoms with Crippen molar-refractivity contribution in [3.05, 3.63) is 60.9 Å². The third-order valence-electron chi connectivity index (χ3n) is 4.72. The van der Waals surface area contributed by atoms with Crippen LogP contribution < -0.4 is 15.5 Å². The van der Waals surface area contributed by atoms with Crippen LogP contribution in [0.1, 0.15) is 30.3 Å². The SMILES string of the molecule is C=CCNc1ccnc(C(=O)Nc2ccc(N3CCC(C)CC3)cc2)c1. The Morgan fingerprint density at radius 3 is 2.65 bits per heavy atom. The zero-order chi connectivity index (χ0) is 18.4. The van der Waals surface area contributed by atoms with E-state index in [1.807, 2.05) is 18.2 Å². The summed E-state index contributed by atoms with van der Waals surface area (Å²) in [7, 11) is 0. The number of carbonyl (C=O) groups is 1. The summed E-state index contributed by atoms with van der Waals surface area (Å²) in [5.41, 5.74) is 3.21. The molecule has 1 fully saturated rings. The number of nitrogens with zero attached hydrogens (tertiary/aromatic N) is 2. The van der Waals surface area contributed by atoms with Crippen LogP contribution in [-0.4, -0.2) is 30.5 Å². The van der Waals surface area contributed by atoms with Gasteiger partial charge in [-0.2, -0.15) is 0 Å². The van der Waals surface area contributed by atoms with Gasteiger partial charge < -0.3 is 15.5 Å². The first-order valence-corrected chi connectivity index (χ1v) is 9.13. The van der Waals surface area contributed by atoms with Gasteiger partial charge in [0.2, 0.25) is 0 Å². The smallest absolute Gasteiger partial charge is 0.274 e.